The molecule has 1 heterocycles. The summed E-state index contributed by atoms with van der Waals surface area (Å²) < 4.78 is 0. The van der Waals surface area contributed by atoms with E-state index in [1.165, 1.54) is 12.1 Å². The molecular weight excluding hydrogens is 248 g/mol. The van der Waals surface area contributed by atoms with Crippen LogP contribution in [0.5, 0.6) is 0 Å². The zero-order valence-electron chi connectivity index (χ0n) is 12.8. The minimum atomic E-state index is 0.129. The van der Waals surface area contributed by atoms with Crippen molar-refractivity contribution in [2.45, 2.75) is 6.04 Å². The minimum Gasteiger partial charge on any atom is -0.323 e. The summed E-state index contributed by atoms with van der Waals surface area (Å²) in [5.74, 6) is 0. The molecule has 0 spiro atoms. The molecule has 0 radical (unpaired) electrons. The van der Waals surface area contributed by atoms with Gasteiger partial charge in [0.2, 0.25) is 0 Å². The van der Waals surface area contributed by atoms with E-state index in [2.05, 4.69) is 53.1 Å². The Morgan fingerprint density at radius 3 is 2.25 bits per heavy atom. The Bertz CT molecular complexity index is 371. The Morgan fingerprint density at radius 2 is 1.65 bits per heavy atom. The van der Waals surface area contributed by atoms with Crippen LogP contribution in [0.4, 0.5) is 0 Å². The van der Waals surface area contributed by atoms with Crippen LogP contribution in [0.2, 0.25) is 0 Å². The van der Waals surface area contributed by atoms with E-state index in [1.807, 2.05) is 6.07 Å². The Kier molecular flexibility index (Phi) is 5.98. The Hall–Kier alpha value is -0.940. The highest BCUT2D eigenvalue weighted by Crippen LogP contribution is 2.12. The van der Waals surface area contributed by atoms with Crippen LogP contribution < -0.4 is 5.73 Å². The average molecular weight is 276 g/mol. The summed E-state index contributed by atoms with van der Waals surface area (Å²) in [6.45, 7) is 7.87. The fourth-order valence-electron chi connectivity index (χ4n) is 2.62. The zero-order chi connectivity index (χ0) is 14.4. The monoisotopic (exact) mass is 276 g/mol. The number of nitrogens with two attached hydrogens (primary N) is 1. The van der Waals surface area contributed by atoms with E-state index >= 15 is 0 Å². The lowest BCUT2D eigenvalue weighted by atomic mass is 10.1. The maximum Gasteiger partial charge on any atom is 0.0424 e. The molecule has 4 heteroatoms. The van der Waals surface area contributed by atoms with Crippen LogP contribution in [0.25, 0.3) is 0 Å². The van der Waals surface area contributed by atoms with Crippen molar-refractivity contribution in [1.82, 2.24) is 14.7 Å². The molecule has 0 aromatic heterocycles. The Morgan fingerprint density at radius 1 is 1.05 bits per heavy atom. The number of nitrogens with zero attached hydrogens (tertiary/aromatic N) is 3. The third kappa shape index (κ3) is 4.87. The molecule has 1 aliphatic rings. The van der Waals surface area contributed by atoms with Crippen LogP contribution in [0.1, 0.15) is 11.6 Å². The normalized spacial score (nSPS) is 19.4. The molecule has 0 bridgehead atoms. The topological polar surface area (TPSA) is 35.7 Å². The van der Waals surface area contributed by atoms with Crippen molar-refractivity contribution in [2.24, 2.45) is 5.73 Å². The second-order valence-corrected chi connectivity index (χ2v) is 5.96. The first-order valence-electron chi connectivity index (χ1n) is 7.55. The molecule has 1 aromatic rings. The van der Waals surface area contributed by atoms with Crippen LogP contribution in [0.15, 0.2) is 30.3 Å². The van der Waals surface area contributed by atoms with E-state index in [9.17, 15) is 0 Å². The van der Waals surface area contributed by atoms with E-state index < -0.39 is 0 Å². The molecule has 1 aromatic carbocycles. The van der Waals surface area contributed by atoms with Crippen molar-refractivity contribution < 1.29 is 0 Å². The van der Waals surface area contributed by atoms with E-state index in [0.29, 0.717) is 0 Å². The van der Waals surface area contributed by atoms with Gasteiger partial charge in [0, 0.05) is 51.9 Å². The van der Waals surface area contributed by atoms with E-state index in [1.54, 1.807) is 0 Å². The summed E-state index contributed by atoms with van der Waals surface area (Å²) in [6.07, 6.45) is 0. The molecule has 1 atom stereocenters. The van der Waals surface area contributed by atoms with Crippen molar-refractivity contribution in [3.8, 4) is 0 Å². The van der Waals surface area contributed by atoms with Gasteiger partial charge in [-0.3, -0.25) is 9.80 Å². The SMILES string of the molecule is CN(C)CCN1CCN(CC(N)c2ccccc2)CC1. The van der Waals surface area contributed by atoms with Gasteiger partial charge in [0.15, 0.2) is 0 Å². The highest BCUT2D eigenvalue weighted by Gasteiger charge is 2.18. The molecule has 1 aliphatic heterocycles. The van der Waals surface area contributed by atoms with E-state index in [4.69, 9.17) is 5.73 Å². The first-order valence-corrected chi connectivity index (χ1v) is 7.55. The Balaban J connectivity index is 1.72. The molecule has 1 fully saturated rings. The molecule has 2 rings (SSSR count). The van der Waals surface area contributed by atoms with Crippen LogP contribution in [-0.2, 0) is 0 Å². The fourth-order valence-corrected chi connectivity index (χ4v) is 2.62. The molecular formula is C16H28N4. The van der Waals surface area contributed by atoms with Gasteiger partial charge in [-0.2, -0.15) is 0 Å². The van der Waals surface area contributed by atoms with Gasteiger partial charge in [0.25, 0.3) is 0 Å². The van der Waals surface area contributed by atoms with E-state index in [-0.39, 0.29) is 6.04 Å². The quantitative estimate of drug-likeness (QED) is 0.836. The van der Waals surface area contributed by atoms with Gasteiger partial charge in [0.1, 0.15) is 0 Å². The number of rotatable bonds is 6. The molecule has 1 saturated heterocycles. The summed E-state index contributed by atoms with van der Waals surface area (Å²) in [4.78, 5) is 7.28. The minimum absolute atomic E-state index is 0.129. The largest absolute Gasteiger partial charge is 0.323 e. The smallest absolute Gasteiger partial charge is 0.0424 e. The lowest BCUT2D eigenvalue weighted by Gasteiger charge is -2.36. The lowest BCUT2D eigenvalue weighted by Crippen LogP contribution is -2.49. The van der Waals surface area contributed by atoms with Crippen LogP contribution in [0.3, 0.4) is 0 Å². The number of hydrogen-bond donors (Lipinski definition) is 1. The van der Waals surface area contributed by atoms with Crippen LogP contribution >= 0.6 is 0 Å². The van der Waals surface area contributed by atoms with Gasteiger partial charge < -0.3 is 10.6 Å². The van der Waals surface area contributed by atoms with Gasteiger partial charge in [-0.25, -0.2) is 0 Å². The summed E-state index contributed by atoms with van der Waals surface area (Å²) in [5, 5.41) is 0. The summed E-state index contributed by atoms with van der Waals surface area (Å²) in [7, 11) is 4.27. The highest BCUT2D eigenvalue weighted by atomic mass is 15.3. The fraction of sp³-hybridized carbons (Fsp3) is 0.625. The van der Waals surface area contributed by atoms with Gasteiger partial charge in [-0.05, 0) is 19.7 Å². The molecule has 4 nitrogen and oxygen atoms in total. The second kappa shape index (κ2) is 7.74. The maximum absolute atomic E-state index is 6.30. The van der Waals surface area contributed by atoms with Crippen LogP contribution in [-0.4, -0.2) is 74.6 Å². The van der Waals surface area contributed by atoms with Crippen molar-refractivity contribution in [3.63, 3.8) is 0 Å². The predicted octanol–water partition coefficient (Wildman–Crippen LogP) is 0.866. The summed E-state index contributed by atoms with van der Waals surface area (Å²) in [6, 6.07) is 10.5. The van der Waals surface area contributed by atoms with Gasteiger partial charge in [0.05, 0.1) is 0 Å². The molecule has 20 heavy (non-hydrogen) atoms. The summed E-state index contributed by atoms with van der Waals surface area (Å²) in [5.41, 5.74) is 7.54. The molecule has 1 unspecified atom stereocenters. The van der Waals surface area contributed by atoms with Gasteiger partial charge in [-0.1, -0.05) is 30.3 Å². The summed E-state index contributed by atoms with van der Waals surface area (Å²) >= 11 is 0. The van der Waals surface area contributed by atoms with Crippen molar-refractivity contribution >= 4 is 0 Å². The highest BCUT2D eigenvalue weighted by molar-refractivity contribution is 5.18. The molecule has 112 valence electrons. The number of benzene rings is 1. The zero-order valence-corrected chi connectivity index (χ0v) is 12.8. The molecule has 0 aliphatic carbocycles. The number of likely N-dealkylation sites (N-methyl/N-ethyl adjacent to an activating group) is 1. The second-order valence-electron chi connectivity index (χ2n) is 5.96. The number of hydrogen-bond acceptors (Lipinski definition) is 4. The number of piperazine rings is 1. The first kappa shape index (κ1) is 15.4. The standard InChI is InChI=1S/C16H28N4/c1-18(2)8-9-19-10-12-20(13-11-19)14-16(17)15-6-4-3-5-7-15/h3-7,16H,8-14,17H2,1-2H3. The molecule has 2 N–H and O–H groups in total. The molecule has 0 amide bonds. The third-order valence-electron chi connectivity index (χ3n) is 4.01. The average Bonchev–Trinajstić information content (AvgIpc) is 2.47. The predicted molar refractivity (Wildman–Crippen MR) is 84.8 cm³/mol. The van der Waals surface area contributed by atoms with Crippen molar-refractivity contribution in [1.29, 1.82) is 0 Å². The van der Waals surface area contributed by atoms with Crippen LogP contribution in [0, 0.1) is 0 Å². The maximum atomic E-state index is 6.30. The third-order valence-corrected chi connectivity index (χ3v) is 4.01. The van der Waals surface area contributed by atoms with Gasteiger partial charge >= 0.3 is 0 Å². The van der Waals surface area contributed by atoms with Gasteiger partial charge in [-0.15, -0.1) is 0 Å². The first-order chi connectivity index (χ1) is 9.65. The van der Waals surface area contributed by atoms with E-state index in [0.717, 1.165) is 39.3 Å². The Labute approximate surface area is 123 Å². The van der Waals surface area contributed by atoms with Crippen molar-refractivity contribution in [3.05, 3.63) is 35.9 Å². The van der Waals surface area contributed by atoms with Crippen molar-refractivity contribution in [2.75, 3.05) is 59.9 Å². The molecule has 0 saturated carbocycles. The lowest BCUT2D eigenvalue weighted by molar-refractivity contribution is 0.120.